The third-order valence-electron chi connectivity index (χ3n) is 4.34. The van der Waals surface area contributed by atoms with E-state index in [1.807, 2.05) is 37.3 Å². The summed E-state index contributed by atoms with van der Waals surface area (Å²) in [7, 11) is 0. The van der Waals surface area contributed by atoms with E-state index in [9.17, 15) is 14.4 Å². The van der Waals surface area contributed by atoms with Gasteiger partial charge in [-0.1, -0.05) is 44.2 Å². The fraction of sp³-hybridized carbons (Fsp3) is 0.364. The number of carbonyl (C=O) groups is 3. The number of hydrogen-bond acceptors (Lipinski definition) is 4. The molecule has 8 heteroatoms. The van der Waals surface area contributed by atoms with Gasteiger partial charge in [0.05, 0.1) is 0 Å². The molecule has 3 amide bonds. The average molecular weight is 411 g/mol. The molecule has 1 aliphatic rings. The second-order valence-corrected chi connectivity index (χ2v) is 7.33. The van der Waals surface area contributed by atoms with E-state index in [4.69, 9.17) is 10.5 Å². The second-order valence-electron chi connectivity index (χ2n) is 7.33. The van der Waals surface area contributed by atoms with Crippen molar-refractivity contribution in [3.8, 4) is 0 Å². The van der Waals surface area contributed by atoms with Gasteiger partial charge in [-0.05, 0) is 24.8 Å². The molecule has 1 heterocycles. The molecule has 0 bridgehead atoms. The molecule has 2 atom stereocenters. The number of primary amides is 1. The average Bonchev–Trinajstić information content (AvgIpc) is 2.70. The Morgan fingerprint density at radius 1 is 1.13 bits per heavy atom. The molecular weight excluding hydrogens is 384 g/mol. The third-order valence-corrected chi connectivity index (χ3v) is 4.34. The van der Waals surface area contributed by atoms with Crippen LogP contribution in [0.3, 0.4) is 0 Å². The van der Waals surface area contributed by atoms with Gasteiger partial charge >= 0.3 is 12.8 Å². The number of nitrogens with zero attached hydrogens (tertiary/aromatic N) is 1. The maximum absolute atomic E-state index is 12.2. The standard InChI is InChI=1S/C22H26N4O4/c1-15(2)19(20(23)27)25-21(28)18-9-11-26(12-10-18)14-30-22(29)24-16(3)13-17-7-5-4-6-8-17/h4-9,11,15-16,19H,13-14H2,1-3H3,(H3-,23,24,25,27,28,29)/p+1/t16-,19-/m0/s1. The summed E-state index contributed by atoms with van der Waals surface area (Å²) in [6.07, 6.45) is 3.15. The fourth-order valence-electron chi connectivity index (χ4n) is 2.76. The molecule has 1 aromatic rings. The van der Waals surface area contributed by atoms with E-state index in [-0.39, 0.29) is 24.3 Å². The molecule has 0 unspecified atom stereocenters. The fourth-order valence-corrected chi connectivity index (χ4v) is 2.76. The van der Waals surface area contributed by atoms with Crippen LogP contribution in [-0.4, -0.2) is 47.2 Å². The lowest BCUT2D eigenvalue weighted by Crippen LogP contribution is -2.48. The molecule has 0 saturated heterocycles. The summed E-state index contributed by atoms with van der Waals surface area (Å²) >= 11 is 0. The van der Waals surface area contributed by atoms with Crippen LogP contribution in [0.5, 0.6) is 0 Å². The summed E-state index contributed by atoms with van der Waals surface area (Å²) in [4.78, 5) is 35.6. The second kappa shape index (κ2) is 10.8. The van der Waals surface area contributed by atoms with Gasteiger partial charge in [0.25, 0.3) is 5.91 Å². The van der Waals surface area contributed by atoms with E-state index in [2.05, 4.69) is 22.2 Å². The number of nitrogens with two attached hydrogens (primary N) is 1. The number of nitrogens with one attached hydrogen (secondary N) is 2. The lowest BCUT2D eigenvalue weighted by atomic mass is 10.0. The first kappa shape index (κ1) is 22.7. The van der Waals surface area contributed by atoms with Crippen LogP contribution in [0.4, 0.5) is 4.79 Å². The number of hydrogen-bond donors (Lipinski definition) is 3. The highest BCUT2D eigenvalue weighted by atomic mass is 16.6. The highest BCUT2D eigenvalue weighted by Gasteiger charge is 2.23. The molecule has 4 N–H and O–H groups in total. The Bertz CT molecular complexity index is 924. The first-order valence-corrected chi connectivity index (χ1v) is 9.67. The Labute approximate surface area is 175 Å². The van der Waals surface area contributed by atoms with Crippen LogP contribution in [-0.2, 0) is 20.7 Å². The van der Waals surface area contributed by atoms with Gasteiger partial charge in [0, 0.05) is 17.8 Å². The van der Waals surface area contributed by atoms with Crippen LogP contribution < -0.4 is 16.4 Å². The lowest BCUT2D eigenvalue weighted by molar-refractivity contribution is -0.490. The quantitative estimate of drug-likeness (QED) is 0.419. The molecule has 1 aromatic carbocycles. The Balaban J connectivity index is 1.87. The third kappa shape index (κ3) is 7.09. The number of benzene rings is 1. The van der Waals surface area contributed by atoms with Crippen molar-refractivity contribution in [2.24, 2.45) is 11.7 Å². The predicted molar refractivity (Wildman–Crippen MR) is 111 cm³/mol. The summed E-state index contributed by atoms with van der Waals surface area (Å²) < 4.78 is 6.60. The molecule has 0 saturated carbocycles. The van der Waals surface area contributed by atoms with Crippen LogP contribution in [0, 0.1) is 5.92 Å². The van der Waals surface area contributed by atoms with Crippen molar-refractivity contribution < 1.29 is 23.7 Å². The highest BCUT2D eigenvalue weighted by Crippen LogP contribution is 2.05. The van der Waals surface area contributed by atoms with Crippen LogP contribution >= 0.6 is 0 Å². The Morgan fingerprint density at radius 2 is 1.83 bits per heavy atom. The Kier molecular flexibility index (Phi) is 8.18. The van der Waals surface area contributed by atoms with Crippen LogP contribution in [0.2, 0.25) is 0 Å². The zero-order valence-electron chi connectivity index (χ0n) is 17.3. The SMILES string of the molecule is CC(C)[C@H](NC(=O)C1=C=C=[N+](COC(=O)N[C@@H](C)Cc2ccccc2)C=C1)C(N)=O. The van der Waals surface area contributed by atoms with Crippen LogP contribution in [0.25, 0.3) is 0 Å². The van der Waals surface area contributed by atoms with E-state index in [1.165, 1.54) is 16.9 Å². The van der Waals surface area contributed by atoms with Gasteiger partial charge < -0.3 is 21.1 Å². The monoisotopic (exact) mass is 411 g/mol. The summed E-state index contributed by atoms with van der Waals surface area (Å²) in [6.45, 7) is 5.38. The maximum atomic E-state index is 12.2. The number of amides is 3. The lowest BCUT2D eigenvalue weighted by Gasteiger charge is -2.18. The summed E-state index contributed by atoms with van der Waals surface area (Å²) in [5.74, 6) is 1.48. The molecule has 158 valence electrons. The topological polar surface area (TPSA) is 114 Å². The van der Waals surface area contributed by atoms with E-state index < -0.39 is 23.9 Å². The van der Waals surface area contributed by atoms with E-state index in [1.54, 1.807) is 13.8 Å². The normalized spacial score (nSPS) is 14.4. The van der Waals surface area contributed by atoms with E-state index in [0.29, 0.717) is 6.42 Å². The van der Waals surface area contributed by atoms with Crippen molar-refractivity contribution in [1.82, 2.24) is 10.6 Å². The van der Waals surface area contributed by atoms with Crippen LogP contribution in [0.15, 0.2) is 53.9 Å². The molecule has 0 radical (unpaired) electrons. The molecule has 0 spiro atoms. The summed E-state index contributed by atoms with van der Waals surface area (Å²) in [5, 5.41) is 5.34. The van der Waals surface area contributed by atoms with Gasteiger partial charge in [0.2, 0.25) is 11.8 Å². The van der Waals surface area contributed by atoms with Gasteiger partial charge in [0.1, 0.15) is 11.6 Å². The largest absolute Gasteiger partial charge is 0.412 e. The van der Waals surface area contributed by atoms with Crippen molar-refractivity contribution in [3.05, 3.63) is 59.5 Å². The number of rotatable bonds is 9. The molecule has 0 aliphatic carbocycles. The van der Waals surface area contributed by atoms with E-state index in [0.717, 1.165) is 5.56 Å². The molecule has 2 rings (SSSR count). The number of carbonyl (C=O) groups excluding carboxylic acids is 3. The number of alkyl carbamates (subject to hydrolysis) is 1. The minimum Gasteiger partial charge on any atom is -0.388 e. The highest BCUT2D eigenvalue weighted by molar-refractivity contribution is 5.99. The van der Waals surface area contributed by atoms with Crippen molar-refractivity contribution in [2.75, 3.05) is 6.73 Å². The van der Waals surface area contributed by atoms with Crippen LogP contribution in [0.1, 0.15) is 26.3 Å². The zero-order chi connectivity index (χ0) is 22.1. The predicted octanol–water partition coefficient (Wildman–Crippen LogP) is 1.22. The molecule has 0 fully saturated rings. The zero-order valence-corrected chi connectivity index (χ0v) is 17.3. The summed E-state index contributed by atoms with van der Waals surface area (Å²) in [5.41, 5.74) is 9.29. The first-order chi connectivity index (χ1) is 14.3. The smallest absolute Gasteiger partial charge is 0.388 e. The van der Waals surface area contributed by atoms with Gasteiger partial charge in [-0.2, -0.15) is 0 Å². The molecule has 30 heavy (non-hydrogen) atoms. The van der Waals surface area contributed by atoms with E-state index >= 15 is 0 Å². The minimum atomic E-state index is -0.775. The van der Waals surface area contributed by atoms with Gasteiger partial charge in [0.15, 0.2) is 6.20 Å². The van der Waals surface area contributed by atoms with Crippen molar-refractivity contribution in [3.63, 3.8) is 0 Å². The molecule has 0 aromatic heterocycles. The first-order valence-electron chi connectivity index (χ1n) is 9.67. The Morgan fingerprint density at radius 3 is 2.40 bits per heavy atom. The van der Waals surface area contributed by atoms with Gasteiger partial charge in [-0.25, -0.2) is 4.79 Å². The van der Waals surface area contributed by atoms with Crippen molar-refractivity contribution >= 4 is 23.8 Å². The van der Waals surface area contributed by atoms with Gasteiger partial charge in [-0.15, -0.1) is 4.58 Å². The Hall–Kier alpha value is -3.60. The minimum absolute atomic E-state index is 0.0851. The molecule has 8 nitrogen and oxygen atoms in total. The van der Waals surface area contributed by atoms with Gasteiger partial charge in [-0.3, -0.25) is 9.59 Å². The summed E-state index contributed by atoms with van der Waals surface area (Å²) in [6, 6.07) is 8.96. The van der Waals surface area contributed by atoms with Crippen molar-refractivity contribution in [1.29, 1.82) is 0 Å². The van der Waals surface area contributed by atoms with Crippen molar-refractivity contribution in [2.45, 2.75) is 39.3 Å². The molecular formula is C22H27N4O4+. The molecule has 1 aliphatic heterocycles. The number of ether oxygens (including phenoxy) is 1. The maximum Gasteiger partial charge on any atom is 0.412 e.